The number of benzene rings is 1. The van der Waals surface area contributed by atoms with Crippen molar-refractivity contribution in [3.63, 3.8) is 0 Å². The lowest BCUT2D eigenvalue weighted by Crippen LogP contribution is -2.34. The van der Waals surface area contributed by atoms with Crippen molar-refractivity contribution in [3.8, 4) is 11.1 Å². The number of carbonyl (C=O) groups excluding carboxylic acids is 1. The molecule has 1 saturated heterocycles. The number of nitrogens with one attached hydrogen (secondary N) is 1. The summed E-state index contributed by atoms with van der Waals surface area (Å²) < 4.78 is 0. The molecule has 0 aliphatic carbocycles. The van der Waals surface area contributed by atoms with E-state index in [-0.39, 0.29) is 5.91 Å². The summed E-state index contributed by atoms with van der Waals surface area (Å²) in [5.41, 5.74) is 3.96. The fraction of sp³-hybridized carbons (Fsp3) is 0.333. The predicted molar refractivity (Wildman–Crippen MR) is 87.8 cm³/mol. The van der Waals surface area contributed by atoms with Crippen LogP contribution in [0.2, 0.25) is 0 Å². The van der Waals surface area contributed by atoms with Crippen molar-refractivity contribution in [2.45, 2.75) is 13.3 Å². The van der Waals surface area contributed by atoms with E-state index in [9.17, 15) is 4.79 Å². The highest BCUT2D eigenvalue weighted by atomic mass is 16.2. The van der Waals surface area contributed by atoms with E-state index < -0.39 is 0 Å². The normalized spacial score (nSPS) is 15.4. The number of aromatic nitrogens is 1. The Morgan fingerprint density at radius 3 is 2.73 bits per heavy atom. The lowest BCUT2D eigenvalue weighted by atomic mass is 10.0. The van der Waals surface area contributed by atoms with Crippen LogP contribution in [0.4, 0.5) is 0 Å². The second kappa shape index (κ2) is 6.71. The van der Waals surface area contributed by atoms with E-state index >= 15 is 0 Å². The van der Waals surface area contributed by atoms with Crippen molar-refractivity contribution in [2.24, 2.45) is 0 Å². The molecule has 1 N–H and O–H groups in total. The molecule has 1 aliphatic heterocycles. The van der Waals surface area contributed by atoms with Gasteiger partial charge in [0.05, 0.1) is 5.56 Å². The molecular formula is C18H21N3O. The molecule has 0 atom stereocenters. The average molecular weight is 295 g/mol. The van der Waals surface area contributed by atoms with Crippen molar-refractivity contribution in [3.05, 3.63) is 53.9 Å². The Morgan fingerprint density at radius 2 is 1.91 bits per heavy atom. The van der Waals surface area contributed by atoms with E-state index in [1.165, 1.54) is 5.56 Å². The first-order valence-electron chi connectivity index (χ1n) is 7.76. The Morgan fingerprint density at radius 1 is 1.09 bits per heavy atom. The fourth-order valence-electron chi connectivity index (χ4n) is 2.69. The summed E-state index contributed by atoms with van der Waals surface area (Å²) in [6.45, 7) is 5.46. The Balaban J connectivity index is 1.83. The number of pyridine rings is 1. The van der Waals surface area contributed by atoms with Crippen LogP contribution in [0.1, 0.15) is 22.3 Å². The van der Waals surface area contributed by atoms with Crippen LogP contribution in [0.25, 0.3) is 11.1 Å². The number of hydrogen-bond donors (Lipinski definition) is 1. The van der Waals surface area contributed by atoms with Gasteiger partial charge in [0.25, 0.3) is 5.91 Å². The summed E-state index contributed by atoms with van der Waals surface area (Å²) in [4.78, 5) is 18.8. The summed E-state index contributed by atoms with van der Waals surface area (Å²) in [6, 6.07) is 10.2. The zero-order valence-corrected chi connectivity index (χ0v) is 12.9. The molecule has 0 saturated carbocycles. The van der Waals surface area contributed by atoms with Gasteiger partial charge < -0.3 is 10.2 Å². The van der Waals surface area contributed by atoms with E-state index in [1.807, 2.05) is 17.2 Å². The van der Waals surface area contributed by atoms with Crippen LogP contribution in [0.5, 0.6) is 0 Å². The van der Waals surface area contributed by atoms with Crippen LogP contribution >= 0.6 is 0 Å². The summed E-state index contributed by atoms with van der Waals surface area (Å²) in [6.07, 6.45) is 4.47. The Kier molecular flexibility index (Phi) is 4.49. The molecule has 2 heterocycles. The van der Waals surface area contributed by atoms with Crippen molar-refractivity contribution in [2.75, 3.05) is 26.2 Å². The van der Waals surface area contributed by atoms with Crippen LogP contribution < -0.4 is 5.32 Å². The predicted octanol–water partition coefficient (Wildman–Crippen LogP) is 2.49. The first-order chi connectivity index (χ1) is 10.7. The van der Waals surface area contributed by atoms with Crippen molar-refractivity contribution >= 4 is 5.91 Å². The Labute approximate surface area is 131 Å². The number of aryl methyl sites for hydroxylation is 1. The molecular weight excluding hydrogens is 274 g/mol. The Hall–Kier alpha value is -2.20. The maximum Gasteiger partial charge on any atom is 0.255 e. The van der Waals surface area contributed by atoms with E-state index in [0.29, 0.717) is 5.56 Å². The van der Waals surface area contributed by atoms with Gasteiger partial charge in [0.1, 0.15) is 0 Å². The third-order valence-corrected chi connectivity index (χ3v) is 4.00. The molecule has 2 aromatic rings. The molecule has 114 valence electrons. The summed E-state index contributed by atoms with van der Waals surface area (Å²) in [5, 5.41) is 3.32. The second-order valence-electron chi connectivity index (χ2n) is 5.72. The maximum absolute atomic E-state index is 12.6. The lowest BCUT2D eigenvalue weighted by molar-refractivity contribution is 0.0766. The minimum Gasteiger partial charge on any atom is -0.337 e. The standard InChI is InChI=1S/C18H21N3O/c1-14-3-5-15(6-4-14)16-11-17(13-20-12-16)18(22)21-9-2-7-19-8-10-21/h3-6,11-13,19H,2,7-10H2,1H3. The third-order valence-electron chi connectivity index (χ3n) is 4.00. The first kappa shape index (κ1) is 14.7. The van der Waals surface area contributed by atoms with Crippen molar-refractivity contribution < 1.29 is 4.79 Å². The zero-order chi connectivity index (χ0) is 15.4. The van der Waals surface area contributed by atoms with Gasteiger partial charge in [-0.05, 0) is 31.5 Å². The summed E-state index contributed by atoms with van der Waals surface area (Å²) >= 11 is 0. The molecule has 1 aromatic heterocycles. The van der Waals surface area contributed by atoms with E-state index in [0.717, 1.165) is 43.7 Å². The first-order valence-corrected chi connectivity index (χ1v) is 7.76. The van der Waals surface area contributed by atoms with Gasteiger partial charge in [-0.2, -0.15) is 0 Å². The highest BCUT2D eigenvalue weighted by molar-refractivity contribution is 5.95. The smallest absolute Gasteiger partial charge is 0.255 e. The number of carbonyl (C=O) groups is 1. The monoisotopic (exact) mass is 295 g/mol. The van der Waals surface area contributed by atoms with Crippen LogP contribution in [-0.2, 0) is 0 Å². The van der Waals surface area contributed by atoms with E-state index in [4.69, 9.17) is 0 Å². The minimum atomic E-state index is 0.0742. The average Bonchev–Trinajstić information content (AvgIpc) is 2.84. The quantitative estimate of drug-likeness (QED) is 0.926. The SMILES string of the molecule is Cc1ccc(-c2cncc(C(=O)N3CCCNCC3)c2)cc1. The minimum absolute atomic E-state index is 0.0742. The van der Waals surface area contributed by atoms with Gasteiger partial charge in [0, 0.05) is 37.6 Å². The van der Waals surface area contributed by atoms with Gasteiger partial charge in [-0.15, -0.1) is 0 Å². The molecule has 4 heteroatoms. The van der Waals surface area contributed by atoms with Crippen molar-refractivity contribution in [1.29, 1.82) is 0 Å². The van der Waals surface area contributed by atoms with Crippen molar-refractivity contribution in [1.82, 2.24) is 15.2 Å². The highest BCUT2D eigenvalue weighted by Gasteiger charge is 2.17. The maximum atomic E-state index is 12.6. The van der Waals surface area contributed by atoms with Gasteiger partial charge in [-0.3, -0.25) is 9.78 Å². The largest absolute Gasteiger partial charge is 0.337 e. The number of hydrogen-bond acceptors (Lipinski definition) is 3. The molecule has 4 nitrogen and oxygen atoms in total. The fourth-order valence-corrected chi connectivity index (χ4v) is 2.69. The van der Waals surface area contributed by atoms with Gasteiger partial charge in [0.15, 0.2) is 0 Å². The number of rotatable bonds is 2. The third kappa shape index (κ3) is 3.34. The summed E-state index contributed by atoms with van der Waals surface area (Å²) in [7, 11) is 0. The number of nitrogens with zero attached hydrogens (tertiary/aromatic N) is 2. The van der Waals surface area contributed by atoms with Crippen LogP contribution in [0.15, 0.2) is 42.7 Å². The highest BCUT2D eigenvalue weighted by Crippen LogP contribution is 2.20. The topological polar surface area (TPSA) is 45.2 Å². The summed E-state index contributed by atoms with van der Waals surface area (Å²) in [5.74, 6) is 0.0742. The molecule has 1 aliphatic rings. The van der Waals surface area contributed by atoms with E-state index in [2.05, 4.69) is 41.5 Å². The molecule has 3 rings (SSSR count). The molecule has 0 radical (unpaired) electrons. The lowest BCUT2D eigenvalue weighted by Gasteiger charge is -2.20. The van der Waals surface area contributed by atoms with Crippen LogP contribution in [0, 0.1) is 6.92 Å². The van der Waals surface area contributed by atoms with Gasteiger partial charge in [-0.1, -0.05) is 29.8 Å². The molecule has 0 spiro atoms. The van der Waals surface area contributed by atoms with Crippen LogP contribution in [-0.4, -0.2) is 42.0 Å². The molecule has 1 amide bonds. The van der Waals surface area contributed by atoms with Gasteiger partial charge in [-0.25, -0.2) is 0 Å². The molecule has 1 fully saturated rings. The van der Waals surface area contributed by atoms with Gasteiger partial charge in [0.2, 0.25) is 0 Å². The molecule has 22 heavy (non-hydrogen) atoms. The van der Waals surface area contributed by atoms with Gasteiger partial charge >= 0.3 is 0 Å². The second-order valence-corrected chi connectivity index (χ2v) is 5.72. The van der Waals surface area contributed by atoms with Crippen LogP contribution in [0.3, 0.4) is 0 Å². The number of amides is 1. The molecule has 0 unspecified atom stereocenters. The Bertz CT molecular complexity index is 644. The molecule has 0 bridgehead atoms. The van der Waals surface area contributed by atoms with E-state index in [1.54, 1.807) is 6.20 Å². The zero-order valence-electron chi connectivity index (χ0n) is 12.9. The molecule has 1 aromatic carbocycles.